The first kappa shape index (κ1) is 20.6. The van der Waals surface area contributed by atoms with Crippen molar-refractivity contribution in [2.24, 2.45) is 0 Å². The number of benzene rings is 1. The van der Waals surface area contributed by atoms with Crippen LogP contribution in [0.4, 0.5) is 0 Å². The molecule has 5 heteroatoms. The van der Waals surface area contributed by atoms with Crippen LogP contribution in [-0.4, -0.2) is 25.0 Å². The zero-order valence-electron chi connectivity index (χ0n) is 10.8. The van der Waals surface area contributed by atoms with Gasteiger partial charge in [0.15, 0.2) is 0 Å². The van der Waals surface area contributed by atoms with Crippen molar-refractivity contribution in [1.29, 1.82) is 0 Å². The van der Waals surface area contributed by atoms with E-state index in [1.54, 1.807) is 18.2 Å². The average molecular weight is 507 g/mol. The molecule has 0 heterocycles. The van der Waals surface area contributed by atoms with E-state index in [0.717, 1.165) is 19.5 Å². The summed E-state index contributed by atoms with van der Waals surface area (Å²) < 4.78 is 0. The number of nitrogens with one attached hydrogen (secondary N) is 2. The quantitative estimate of drug-likeness (QED) is 0.452. The molecule has 0 unspecified atom stereocenters. The van der Waals surface area contributed by atoms with Crippen LogP contribution in [0.5, 0.6) is 0 Å². The second kappa shape index (κ2) is 12.3. The number of carbonyl (C=O) groups excluding carboxylic acids is 1. The van der Waals surface area contributed by atoms with Crippen molar-refractivity contribution >= 4 is 5.91 Å². The van der Waals surface area contributed by atoms with Gasteiger partial charge in [-0.2, -0.15) is 0 Å². The fourth-order valence-electron chi connectivity index (χ4n) is 1.33. The summed E-state index contributed by atoms with van der Waals surface area (Å²) in [6, 6.07) is 11.0. The first-order valence-electron chi connectivity index (χ1n) is 5.64. The Morgan fingerprint density at radius 3 is 2.56 bits per heavy atom. The number of hydrogen-bond donors (Lipinski definition) is 2. The van der Waals surface area contributed by atoms with Crippen LogP contribution in [0.25, 0.3) is 0 Å². The van der Waals surface area contributed by atoms with Crippen LogP contribution in [0, 0.1) is 43.2 Å². The smallest absolute Gasteiger partial charge is 0.0739 e. The number of carbonyl (C=O) groups is 1. The predicted molar refractivity (Wildman–Crippen MR) is 64.2 cm³/mol. The Hall–Kier alpha value is 0.286. The Morgan fingerprint density at radius 1 is 1.39 bits per heavy atom. The van der Waals surface area contributed by atoms with Gasteiger partial charge in [0.05, 0.1) is 5.91 Å². The maximum Gasteiger partial charge on any atom is 0.0739 e. The average Bonchev–Trinajstić information content (AvgIpc) is 2.30. The van der Waals surface area contributed by atoms with Crippen LogP contribution in [-0.2, 0) is 18.6 Å². The Labute approximate surface area is 145 Å². The Balaban J connectivity index is 0. The molecule has 0 fully saturated rings. The second-order valence-electron chi connectivity index (χ2n) is 3.77. The summed E-state index contributed by atoms with van der Waals surface area (Å²) in [7, 11) is 0. The molecular formula is C13H18N2OUV-2. The second-order valence-corrected chi connectivity index (χ2v) is 3.77. The van der Waals surface area contributed by atoms with Gasteiger partial charge in [0, 0.05) is 62.3 Å². The molecule has 0 saturated carbocycles. The van der Waals surface area contributed by atoms with Gasteiger partial charge in [-0.15, -0.1) is 0 Å². The molecule has 0 saturated heterocycles. The summed E-state index contributed by atoms with van der Waals surface area (Å²) in [5.41, 5.74) is 0.463. The molecule has 1 aromatic rings. The van der Waals surface area contributed by atoms with Crippen molar-refractivity contribution in [1.82, 2.24) is 10.6 Å². The molecule has 1 radical (unpaired) electrons. The molecule has 2 N–H and O–H groups in total. The fourth-order valence-corrected chi connectivity index (χ4v) is 1.33. The summed E-state index contributed by atoms with van der Waals surface area (Å²) >= 11 is 0. The van der Waals surface area contributed by atoms with Gasteiger partial charge >= 0.3 is 0 Å². The molecule has 0 aliphatic rings. The largest absolute Gasteiger partial charge is 0.427 e. The van der Waals surface area contributed by atoms with E-state index in [1.165, 1.54) is 0 Å². The van der Waals surface area contributed by atoms with Crippen LogP contribution >= 0.6 is 0 Å². The van der Waals surface area contributed by atoms with E-state index < -0.39 is 0 Å². The van der Waals surface area contributed by atoms with E-state index in [0.29, 0.717) is 5.56 Å². The molecule has 0 aliphatic heterocycles. The van der Waals surface area contributed by atoms with Gasteiger partial charge in [0.25, 0.3) is 0 Å². The third-order valence-electron chi connectivity index (χ3n) is 2.13. The first-order chi connectivity index (χ1) is 7.74. The molecule has 1 amide bonds. The minimum Gasteiger partial charge on any atom is -0.427 e. The van der Waals surface area contributed by atoms with Gasteiger partial charge in [0.2, 0.25) is 0 Å². The molecule has 3 nitrogen and oxygen atoms in total. The molecule has 1 aromatic carbocycles. The Kier molecular flexibility index (Phi) is 14.1. The van der Waals surface area contributed by atoms with Crippen molar-refractivity contribution in [3.05, 3.63) is 35.9 Å². The molecule has 0 aromatic heterocycles. The summed E-state index contributed by atoms with van der Waals surface area (Å²) in [6.07, 6.45) is 1.10. The van der Waals surface area contributed by atoms with E-state index in [1.807, 2.05) is 6.92 Å². The minimum atomic E-state index is -0.119. The maximum absolute atomic E-state index is 11.7. The molecule has 0 aliphatic carbocycles. The van der Waals surface area contributed by atoms with E-state index in [2.05, 4.69) is 29.7 Å². The summed E-state index contributed by atoms with van der Waals surface area (Å²) in [6.45, 7) is 5.85. The van der Waals surface area contributed by atoms with Crippen molar-refractivity contribution in [3.63, 3.8) is 0 Å². The number of amides is 1. The SMILES string of the molecule is CCCNC[C@@H](C)NC(=O)c1[c-]ccc[c-]1.[U].[V]. The third-order valence-corrected chi connectivity index (χ3v) is 2.13. The van der Waals surface area contributed by atoms with Gasteiger partial charge in [-0.3, -0.25) is 12.1 Å². The van der Waals surface area contributed by atoms with Gasteiger partial charge in [-0.25, -0.2) is 23.8 Å². The maximum atomic E-state index is 11.7. The standard InChI is InChI=1S/C13H18N2O.U.V/c1-3-9-14-10-11(2)15-13(16)12-7-5-4-6-8-12;;/h4-6,11,14H,3,9-10H2,1-2H3,(H,15,16);;/q-2;;/t11-;;/m1../s1. The normalized spacial score (nSPS) is 10.8. The molecule has 1 rings (SSSR count). The third kappa shape index (κ3) is 8.40. The van der Waals surface area contributed by atoms with Gasteiger partial charge < -0.3 is 15.4 Å². The van der Waals surface area contributed by atoms with E-state index in [-0.39, 0.29) is 61.6 Å². The van der Waals surface area contributed by atoms with Crippen molar-refractivity contribution in [2.45, 2.75) is 26.3 Å². The molecule has 1 atom stereocenters. The zero-order chi connectivity index (χ0) is 11.8. The number of rotatable bonds is 6. The van der Waals surface area contributed by atoms with Gasteiger partial charge in [-0.1, -0.05) is 6.92 Å². The summed E-state index contributed by atoms with van der Waals surface area (Å²) in [5.74, 6) is -0.119. The Morgan fingerprint density at radius 2 is 2.00 bits per heavy atom. The van der Waals surface area contributed by atoms with Crippen LogP contribution in [0.3, 0.4) is 0 Å². The number of hydrogen-bond acceptors (Lipinski definition) is 2. The topological polar surface area (TPSA) is 41.1 Å². The van der Waals surface area contributed by atoms with Crippen molar-refractivity contribution < 1.29 is 54.5 Å². The van der Waals surface area contributed by atoms with Crippen LogP contribution in [0.1, 0.15) is 30.6 Å². The van der Waals surface area contributed by atoms with E-state index in [9.17, 15) is 4.79 Å². The molecule has 97 valence electrons. The zero-order valence-corrected chi connectivity index (χ0v) is 16.3. The van der Waals surface area contributed by atoms with E-state index >= 15 is 0 Å². The van der Waals surface area contributed by atoms with Crippen molar-refractivity contribution in [2.75, 3.05) is 13.1 Å². The first-order valence-corrected chi connectivity index (χ1v) is 5.64. The van der Waals surface area contributed by atoms with Crippen LogP contribution in [0.15, 0.2) is 18.2 Å². The van der Waals surface area contributed by atoms with Crippen molar-refractivity contribution in [3.8, 4) is 0 Å². The van der Waals surface area contributed by atoms with Gasteiger partial charge in [-0.05, 0) is 19.9 Å². The van der Waals surface area contributed by atoms with Gasteiger partial charge in [0.1, 0.15) is 0 Å². The van der Waals surface area contributed by atoms with Crippen LogP contribution < -0.4 is 10.6 Å². The minimum absolute atomic E-state index is 0. The Bertz CT molecular complexity index is 322. The summed E-state index contributed by atoms with van der Waals surface area (Å²) in [4.78, 5) is 11.7. The molecule has 0 bridgehead atoms. The molecule has 0 spiro atoms. The predicted octanol–water partition coefficient (Wildman–Crippen LogP) is 1.40. The van der Waals surface area contributed by atoms with Crippen LogP contribution in [0.2, 0.25) is 0 Å². The molecule has 18 heavy (non-hydrogen) atoms. The molecular weight excluding hydrogens is 489 g/mol. The summed E-state index contributed by atoms with van der Waals surface area (Å²) in [5, 5.41) is 6.15. The monoisotopic (exact) mass is 507 g/mol. The fraction of sp³-hybridized carbons (Fsp3) is 0.462. The van der Waals surface area contributed by atoms with E-state index in [4.69, 9.17) is 0 Å².